The van der Waals surface area contributed by atoms with Crippen LogP contribution in [0.1, 0.15) is 36.0 Å². The average Bonchev–Trinajstić information content (AvgIpc) is 3.03. The summed E-state index contributed by atoms with van der Waals surface area (Å²) in [6.45, 7) is 2.10. The lowest BCUT2D eigenvalue weighted by Crippen LogP contribution is -2.17. The van der Waals surface area contributed by atoms with Crippen LogP contribution < -0.4 is 5.56 Å². The molecule has 3 rings (SSSR count). The van der Waals surface area contributed by atoms with Crippen LogP contribution in [0.3, 0.4) is 0 Å². The first-order valence-corrected chi connectivity index (χ1v) is 9.05. The van der Waals surface area contributed by atoms with Gasteiger partial charge in [-0.3, -0.25) is 9.59 Å². The van der Waals surface area contributed by atoms with Gasteiger partial charge in [0.25, 0.3) is 5.56 Å². The Morgan fingerprint density at radius 3 is 2.84 bits per heavy atom. The molecule has 0 amide bonds. The second-order valence-electron chi connectivity index (χ2n) is 5.70. The van der Waals surface area contributed by atoms with Crippen LogP contribution >= 0.6 is 11.3 Å². The topological polar surface area (TPSA) is 73.6 Å². The molecule has 0 N–H and O–H groups in total. The summed E-state index contributed by atoms with van der Waals surface area (Å²) in [5, 5.41) is 5.19. The van der Waals surface area contributed by atoms with Gasteiger partial charge in [-0.1, -0.05) is 55.0 Å². The molecule has 0 unspecified atom stereocenters. The van der Waals surface area contributed by atoms with Crippen LogP contribution in [0, 0.1) is 0 Å². The number of fused-ring (bicyclic) bond motifs is 1. The Morgan fingerprint density at radius 1 is 1.28 bits per heavy atom. The minimum absolute atomic E-state index is 0.0143. The Bertz CT molecular complexity index is 918. The van der Waals surface area contributed by atoms with Crippen LogP contribution in [0.2, 0.25) is 0 Å². The van der Waals surface area contributed by atoms with Crippen molar-refractivity contribution < 1.29 is 9.53 Å². The maximum Gasteiger partial charge on any atom is 0.310 e. The molecule has 0 aliphatic rings. The molecule has 6 nitrogen and oxygen atoms in total. The summed E-state index contributed by atoms with van der Waals surface area (Å²) in [5.74, 6) is -0.346. The van der Waals surface area contributed by atoms with Crippen molar-refractivity contribution in [2.75, 3.05) is 0 Å². The van der Waals surface area contributed by atoms with Crippen LogP contribution in [0.5, 0.6) is 0 Å². The van der Waals surface area contributed by atoms with Gasteiger partial charge in [0.2, 0.25) is 4.96 Å². The highest BCUT2D eigenvalue weighted by atomic mass is 32.1. The summed E-state index contributed by atoms with van der Waals surface area (Å²) in [6.07, 6.45) is 3.13. The molecule has 25 heavy (non-hydrogen) atoms. The van der Waals surface area contributed by atoms with Crippen molar-refractivity contribution in [2.45, 2.75) is 39.2 Å². The highest BCUT2D eigenvalue weighted by molar-refractivity contribution is 7.16. The molecule has 2 heterocycles. The smallest absolute Gasteiger partial charge is 0.310 e. The zero-order chi connectivity index (χ0) is 17.6. The van der Waals surface area contributed by atoms with Crippen LogP contribution in [0.25, 0.3) is 4.96 Å². The lowest BCUT2D eigenvalue weighted by molar-refractivity contribution is -0.144. The normalized spacial score (nSPS) is 10.9. The predicted octanol–water partition coefficient (Wildman–Crippen LogP) is 2.78. The van der Waals surface area contributed by atoms with E-state index in [4.69, 9.17) is 4.74 Å². The van der Waals surface area contributed by atoms with Gasteiger partial charge >= 0.3 is 5.97 Å². The fourth-order valence-corrected chi connectivity index (χ4v) is 3.33. The summed E-state index contributed by atoms with van der Waals surface area (Å²) in [6, 6.07) is 10.7. The van der Waals surface area contributed by atoms with E-state index in [1.807, 2.05) is 30.3 Å². The van der Waals surface area contributed by atoms with Crippen LogP contribution in [0.4, 0.5) is 0 Å². The monoisotopic (exact) mass is 357 g/mol. The molecule has 0 aliphatic heterocycles. The van der Waals surface area contributed by atoms with Crippen molar-refractivity contribution in [1.29, 1.82) is 0 Å². The van der Waals surface area contributed by atoms with E-state index in [-0.39, 0.29) is 24.6 Å². The molecule has 1 aromatic carbocycles. The fraction of sp³-hybridized carbons (Fsp3) is 0.333. The van der Waals surface area contributed by atoms with Crippen LogP contribution in [-0.4, -0.2) is 20.6 Å². The number of carbonyl (C=O) groups is 1. The zero-order valence-corrected chi connectivity index (χ0v) is 14.8. The minimum atomic E-state index is -0.346. The van der Waals surface area contributed by atoms with Crippen LogP contribution in [-0.2, 0) is 29.0 Å². The van der Waals surface area contributed by atoms with Gasteiger partial charge in [-0.2, -0.15) is 9.61 Å². The molecule has 0 radical (unpaired) electrons. The molecule has 3 aromatic rings. The summed E-state index contributed by atoms with van der Waals surface area (Å²) >= 11 is 1.40. The SMILES string of the molecule is CCCCc1nn2c(=O)cc(COC(=O)Cc3ccccc3)nc2s1. The largest absolute Gasteiger partial charge is 0.459 e. The first-order valence-electron chi connectivity index (χ1n) is 8.24. The molecule has 0 aliphatic carbocycles. The Morgan fingerprint density at radius 2 is 2.08 bits per heavy atom. The molecule has 0 saturated carbocycles. The quantitative estimate of drug-likeness (QED) is 0.608. The number of aromatic nitrogens is 3. The van der Waals surface area contributed by atoms with E-state index < -0.39 is 0 Å². The molecule has 0 saturated heterocycles. The van der Waals surface area contributed by atoms with Gasteiger partial charge in [-0.05, 0) is 12.0 Å². The van der Waals surface area contributed by atoms with Gasteiger partial charge in [0, 0.05) is 12.5 Å². The number of hydrogen-bond acceptors (Lipinski definition) is 6. The standard InChI is InChI=1S/C18H19N3O3S/c1-2-3-9-15-20-21-16(22)11-14(19-18(21)25-15)12-24-17(23)10-13-7-5-4-6-8-13/h4-8,11H,2-3,9-10,12H2,1H3. The molecular formula is C18H19N3O3S. The number of carbonyl (C=O) groups excluding carboxylic acids is 1. The number of rotatable bonds is 7. The summed E-state index contributed by atoms with van der Waals surface area (Å²) in [4.78, 5) is 29.0. The van der Waals surface area contributed by atoms with E-state index in [1.165, 1.54) is 21.9 Å². The van der Waals surface area contributed by atoms with E-state index in [1.54, 1.807) is 0 Å². The van der Waals surface area contributed by atoms with E-state index in [0.717, 1.165) is 29.8 Å². The minimum Gasteiger partial charge on any atom is -0.459 e. The number of nitrogens with zero attached hydrogens (tertiary/aromatic N) is 3. The van der Waals surface area contributed by atoms with Crippen molar-refractivity contribution >= 4 is 22.3 Å². The van der Waals surface area contributed by atoms with E-state index in [0.29, 0.717) is 10.7 Å². The van der Waals surface area contributed by atoms with Crippen molar-refractivity contribution in [3.8, 4) is 0 Å². The second kappa shape index (κ2) is 8.02. The van der Waals surface area contributed by atoms with E-state index >= 15 is 0 Å². The molecule has 0 atom stereocenters. The summed E-state index contributed by atoms with van der Waals surface area (Å²) in [7, 11) is 0. The van der Waals surface area contributed by atoms with Crippen LogP contribution in [0.15, 0.2) is 41.2 Å². The molecule has 0 fully saturated rings. The van der Waals surface area contributed by atoms with Gasteiger partial charge in [-0.25, -0.2) is 4.98 Å². The Balaban J connectivity index is 1.67. The fourth-order valence-electron chi connectivity index (χ4n) is 2.37. The van der Waals surface area contributed by atoms with Crippen molar-refractivity contribution in [2.24, 2.45) is 0 Å². The molecule has 0 spiro atoms. The van der Waals surface area contributed by atoms with Crippen molar-refractivity contribution in [3.63, 3.8) is 0 Å². The maximum atomic E-state index is 12.1. The highest BCUT2D eigenvalue weighted by Gasteiger charge is 2.11. The third-order valence-corrected chi connectivity index (χ3v) is 4.62. The zero-order valence-electron chi connectivity index (χ0n) is 14.0. The number of ether oxygens (including phenoxy) is 1. The first-order chi connectivity index (χ1) is 12.2. The molecule has 2 aromatic heterocycles. The van der Waals surface area contributed by atoms with Crippen molar-refractivity contribution in [3.05, 3.63) is 63.0 Å². The number of unbranched alkanes of at least 4 members (excludes halogenated alkanes) is 1. The van der Waals surface area contributed by atoms with Gasteiger partial charge in [0.15, 0.2) is 0 Å². The lowest BCUT2D eigenvalue weighted by atomic mass is 10.2. The Hall–Kier alpha value is -2.54. The number of benzene rings is 1. The number of hydrogen-bond donors (Lipinski definition) is 0. The van der Waals surface area contributed by atoms with Crippen molar-refractivity contribution in [1.82, 2.24) is 14.6 Å². The first kappa shape index (κ1) is 17.3. The molecule has 0 bridgehead atoms. The number of aryl methyl sites for hydroxylation is 1. The van der Waals surface area contributed by atoms with Gasteiger partial charge in [0.1, 0.15) is 11.6 Å². The van der Waals surface area contributed by atoms with E-state index in [9.17, 15) is 9.59 Å². The molecule has 7 heteroatoms. The average molecular weight is 357 g/mol. The maximum absolute atomic E-state index is 12.1. The molecular weight excluding hydrogens is 338 g/mol. The predicted molar refractivity (Wildman–Crippen MR) is 95.7 cm³/mol. The molecule has 130 valence electrons. The van der Waals surface area contributed by atoms with Gasteiger partial charge in [-0.15, -0.1) is 0 Å². The Labute approximate surface area is 149 Å². The second-order valence-corrected chi connectivity index (χ2v) is 6.74. The lowest BCUT2D eigenvalue weighted by Gasteiger charge is -2.04. The van der Waals surface area contributed by atoms with Gasteiger partial charge in [0.05, 0.1) is 12.1 Å². The van der Waals surface area contributed by atoms with Gasteiger partial charge < -0.3 is 4.74 Å². The summed E-state index contributed by atoms with van der Waals surface area (Å²) < 4.78 is 6.55. The third-order valence-electron chi connectivity index (χ3n) is 3.66. The Kier molecular flexibility index (Phi) is 5.55. The summed E-state index contributed by atoms with van der Waals surface area (Å²) in [5.41, 5.74) is 1.08. The van der Waals surface area contributed by atoms with E-state index in [2.05, 4.69) is 17.0 Å². The highest BCUT2D eigenvalue weighted by Crippen LogP contribution is 2.14. The number of esters is 1. The third kappa shape index (κ3) is 4.51.